The number of pyridine rings is 1. The van der Waals surface area contributed by atoms with E-state index in [1.807, 2.05) is 31.2 Å². The molecular weight excluding hydrogens is 519 g/mol. The zero-order valence-electron chi connectivity index (χ0n) is 24.6. The number of nitrogens with zero attached hydrogens (tertiary/aromatic N) is 2. The summed E-state index contributed by atoms with van der Waals surface area (Å²) in [5, 5.41) is 0. The standard InChI is InChI=1S/C34H39FN2O4/c1-21(22(2)38)32(23-9-10-23)24-7-6-8-27(16-24)41-33(39)25-11-12-28(29-17-31(40-5)36-18-30(29)35)26(15-25)19-37-14-13-34(3,4)20-37/h6-8,11-12,15-18,21,23,32H,9-10,13-14,19-20H2,1-5H3/t21-,32+/m1/s1. The molecule has 1 aliphatic carbocycles. The quantitative estimate of drug-likeness (QED) is 0.196. The summed E-state index contributed by atoms with van der Waals surface area (Å²) in [7, 11) is 1.50. The van der Waals surface area contributed by atoms with Crippen molar-refractivity contribution >= 4 is 11.8 Å². The van der Waals surface area contributed by atoms with Gasteiger partial charge in [-0.1, -0.05) is 39.0 Å². The summed E-state index contributed by atoms with van der Waals surface area (Å²) < 4.78 is 26.1. The summed E-state index contributed by atoms with van der Waals surface area (Å²) in [5.41, 5.74) is 3.52. The van der Waals surface area contributed by atoms with Gasteiger partial charge in [-0.25, -0.2) is 14.2 Å². The van der Waals surface area contributed by atoms with E-state index in [-0.39, 0.29) is 23.0 Å². The molecule has 2 fully saturated rings. The summed E-state index contributed by atoms with van der Waals surface area (Å²) in [4.78, 5) is 31.9. The number of aromatic nitrogens is 1. The van der Waals surface area contributed by atoms with Crippen molar-refractivity contribution in [1.29, 1.82) is 0 Å². The van der Waals surface area contributed by atoms with Crippen LogP contribution in [0.1, 0.15) is 74.4 Å². The number of ketones is 1. The van der Waals surface area contributed by atoms with Crippen molar-refractivity contribution in [1.82, 2.24) is 9.88 Å². The van der Waals surface area contributed by atoms with Gasteiger partial charge in [0.1, 0.15) is 17.3 Å². The zero-order valence-corrected chi connectivity index (χ0v) is 24.6. The highest BCUT2D eigenvalue weighted by atomic mass is 19.1. The third-order valence-corrected chi connectivity index (χ3v) is 8.58. The molecular formula is C34H39FN2O4. The number of esters is 1. The molecule has 7 heteroatoms. The second-order valence-corrected chi connectivity index (χ2v) is 12.4. The number of hydrogen-bond donors (Lipinski definition) is 0. The van der Waals surface area contributed by atoms with E-state index in [0.717, 1.165) is 49.7 Å². The summed E-state index contributed by atoms with van der Waals surface area (Å²) in [6.07, 6.45) is 4.45. The molecule has 2 heterocycles. The highest BCUT2D eigenvalue weighted by Gasteiger charge is 2.37. The SMILES string of the molecule is COc1cc(-c2ccc(C(=O)Oc3cccc([C@H](C4CC4)[C@H](C)C(C)=O)c3)cc2CN2CCC(C)(C)C2)c(F)cn1. The number of carbonyl (C=O) groups excluding carboxylic acids is 2. The molecule has 0 amide bonds. The molecule has 0 spiro atoms. The van der Waals surface area contributed by atoms with Crippen LogP contribution in [-0.4, -0.2) is 41.8 Å². The van der Waals surface area contributed by atoms with Crippen molar-refractivity contribution in [3.63, 3.8) is 0 Å². The molecule has 1 aliphatic heterocycles. The first kappa shape index (κ1) is 28.9. The molecule has 2 aromatic carbocycles. The van der Waals surface area contributed by atoms with Crippen LogP contribution in [0.5, 0.6) is 11.6 Å². The average Bonchev–Trinajstić information content (AvgIpc) is 3.71. The van der Waals surface area contributed by atoms with Crippen LogP contribution >= 0.6 is 0 Å². The number of Topliss-reactive ketones (excluding diaryl/α,β-unsaturated/α-hetero) is 1. The van der Waals surface area contributed by atoms with Crippen LogP contribution in [0.2, 0.25) is 0 Å². The number of carbonyl (C=O) groups is 2. The average molecular weight is 559 g/mol. The van der Waals surface area contributed by atoms with E-state index in [4.69, 9.17) is 9.47 Å². The maximum atomic E-state index is 15.0. The van der Waals surface area contributed by atoms with E-state index in [0.29, 0.717) is 40.8 Å². The molecule has 0 bridgehead atoms. The van der Waals surface area contributed by atoms with Gasteiger partial charge in [0.15, 0.2) is 0 Å². The van der Waals surface area contributed by atoms with Gasteiger partial charge in [0.25, 0.3) is 0 Å². The van der Waals surface area contributed by atoms with Crippen LogP contribution in [0.4, 0.5) is 4.39 Å². The minimum Gasteiger partial charge on any atom is -0.481 e. The lowest BCUT2D eigenvalue weighted by atomic mass is 9.81. The minimum atomic E-state index is -0.480. The Morgan fingerprint density at radius 3 is 2.56 bits per heavy atom. The van der Waals surface area contributed by atoms with Gasteiger partial charge in [-0.15, -0.1) is 0 Å². The number of likely N-dealkylation sites (tertiary alicyclic amines) is 1. The molecule has 5 rings (SSSR count). The Morgan fingerprint density at radius 2 is 1.90 bits per heavy atom. The van der Waals surface area contributed by atoms with Crippen LogP contribution in [-0.2, 0) is 11.3 Å². The van der Waals surface area contributed by atoms with Crippen LogP contribution in [0.25, 0.3) is 11.1 Å². The Balaban J connectivity index is 1.44. The van der Waals surface area contributed by atoms with Gasteiger partial charge in [0, 0.05) is 30.6 Å². The van der Waals surface area contributed by atoms with Crippen LogP contribution < -0.4 is 9.47 Å². The fourth-order valence-corrected chi connectivity index (χ4v) is 6.08. The predicted molar refractivity (Wildman–Crippen MR) is 157 cm³/mol. The number of benzene rings is 2. The molecule has 1 saturated carbocycles. The molecule has 2 aliphatic rings. The first-order valence-corrected chi connectivity index (χ1v) is 14.4. The molecule has 0 radical (unpaired) electrons. The van der Waals surface area contributed by atoms with Crippen molar-refractivity contribution in [2.24, 2.45) is 17.3 Å². The van der Waals surface area contributed by atoms with Crippen LogP contribution in [0.3, 0.4) is 0 Å². The molecule has 41 heavy (non-hydrogen) atoms. The Labute approximate surface area is 241 Å². The largest absolute Gasteiger partial charge is 0.481 e. The third kappa shape index (κ3) is 6.67. The lowest BCUT2D eigenvalue weighted by Gasteiger charge is -2.23. The normalized spacial score (nSPS) is 18.1. The molecule has 1 saturated heterocycles. The van der Waals surface area contributed by atoms with E-state index in [2.05, 4.69) is 23.7 Å². The first-order valence-electron chi connectivity index (χ1n) is 14.4. The lowest BCUT2D eigenvalue weighted by Crippen LogP contribution is -2.23. The predicted octanol–water partition coefficient (Wildman–Crippen LogP) is 7.07. The molecule has 2 atom stereocenters. The summed E-state index contributed by atoms with van der Waals surface area (Å²) >= 11 is 0. The van der Waals surface area contributed by atoms with Gasteiger partial charge in [-0.3, -0.25) is 9.69 Å². The van der Waals surface area contributed by atoms with Crippen molar-refractivity contribution < 1.29 is 23.5 Å². The van der Waals surface area contributed by atoms with E-state index >= 15 is 0 Å². The number of halogens is 1. The third-order valence-electron chi connectivity index (χ3n) is 8.58. The molecule has 0 N–H and O–H groups in total. The van der Waals surface area contributed by atoms with Crippen molar-refractivity contribution in [2.75, 3.05) is 20.2 Å². The summed E-state index contributed by atoms with van der Waals surface area (Å²) in [6, 6.07) is 14.4. The van der Waals surface area contributed by atoms with E-state index < -0.39 is 11.8 Å². The highest BCUT2D eigenvalue weighted by Crippen LogP contribution is 2.47. The topological polar surface area (TPSA) is 68.7 Å². The molecule has 0 unspecified atom stereocenters. The Kier molecular flexibility index (Phi) is 8.28. The second kappa shape index (κ2) is 11.7. The van der Waals surface area contributed by atoms with Gasteiger partial charge in [-0.2, -0.15) is 0 Å². The molecule has 3 aromatic rings. The maximum absolute atomic E-state index is 15.0. The fourth-order valence-electron chi connectivity index (χ4n) is 6.08. The molecule has 1 aromatic heterocycles. The highest BCUT2D eigenvalue weighted by molar-refractivity contribution is 5.92. The van der Waals surface area contributed by atoms with Gasteiger partial charge >= 0.3 is 5.97 Å². The Hall–Kier alpha value is -3.58. The van der Waals surface area contributed by atoms with E-state index in [9.17, 15) is 14.0 Å². The van der Waals surface area contributed by atoms with Gasteiger partial charge < -0.3 is 9.47 Å². The van der Waals surface area contributed by atoms with Gasteiger partial charge in [0.05, 0.1) is 18.9 Å². The Bertz CT molecular complexity index is 1450. The Morgan fingerprint density at radius 1 is 1.12 bits per heavy atom. The van der Waals surface area contributed by atoms with Gasteiger partial charge in [-0.05, 0) is 90.9 Å². The van der Waals surface area contributed by atoms with Gasteiger partial charge in [0.2, 0.25) is 5.88 Å². The van der Waals surface area contributed by atoms with Crippen LogP contribution in [0, 0.1) is 23.1 Å². The monoisotopic (exact) mass is 558 g/mol. The summed E-state index contributed by atoms with van der Waals surface area (Å²) in [5.74, 6) is 0.519. The number of rotatable bonds is 10. The van der Waals surface area contributed by atoms with Crippen molar-refractivity contribution in [3.8, 4) is 22.8 Å². The minimum absolute atomic E-state index is 0.0914. The number of hydrogen-bond acceptors (Lipinski definition) is 6. The number of methoxy groups -OCH3 is 1. The fraction of sp³-hybridized carbons (Fsp3) is 0.441. The molecule has 6 nitrogen and oxygen atoms in total. The summed E-state index contributed by atoms with van der Waals surface area (Å²) in [6.45, 7) is 10.5. The number of ether oxygens (including phenoxy) is 2. The maximum Gasteiger partial charge on any atom is 0.343 e. The zero-order chi connectivity index (χ0) is 29.3. The van der Waals surface area contributed by atoms with E-state index in [1.165, 1.54) is 7.11 Å². The van der Waals surface area contributed by atoms with Crippen LogP contribution in [0.15, 0.2) is 54.7 Å². The van der Waals surface area contributed by atoms with Crippen molar-refractivity contribution in [3.05, 3.63) is 77.2 Å². The first-order chi connectivity index (χ1) is 19.5. The van der Waals surface area contributed by atoms with E-state index in [1.54, 1.807) is 31.2 Å². The second-order valence-electron chi connectivity index (χ2n) is 12.4. The van der Waals surface area contributed by atoms with Crippen molar-refractivity contribution in [2.45, 2.75) is 59.4 Å². The lowest BCUT2D eigenvalue weighted by molar-refractivity contribution is -0.121. The molecule has 216 valence electrons. The smallest absolute Gasteiger partial charge is 0.343 e.